The van der Waals surface area contributed by atoms with E-state index in [1.54, 1.807) is 97.9 Å². The van der Waals surface area contributed by atoms with Gasteiger partial charge in [0.2, 0.25) is 5.91 Å². The van der Waals surface area contributed by atoms with Crippen molar-refractivity contribution in [2.45, 2.75) is 11.8 Å². The van der Waals surface area contributed by atoms with Gasteiger partial charge in [0.25, 0.3) is 17.7 Å². The lowest BCUT2D eigenvalue weighted by Crippen LogP contribution is -2.30. The SMILES string of the molecule is COC(=O)c1c(NC(=O)CSc2cccc(NC(=O)/C(=C\c3cc(OC)c(OC)cc3OC)NC(=O)c3ccccc3)c2)sc(C(=O)Nc2ccccc2)c1C. The first-order valence-corrected chi connectivity index (χ1v) is 18.7. The van der Waals surface area contributed by atoms with Gasteiger partial charge in [-0.2, -0.15) is 0 Å². The van der Waals surface area contributed by atoms with E-state index in [2.05, 4.69) is 21.3 Å². The van der Waals surface area contributed by atoms with E-state index < -0.39 is 29.6 Å². The molecule has 5 aromatic rings. The first-order chi connectivity index (χ1) is 27.0. The van der Waals surface area contributed by atoms with Gasteiger partial charge in [0, 0.05) is 33.5 Å². The van der Waals surface area contributed by atoms with E-state index in [9.17, 15) is 24.0 Å². The molecule has 0 unspecified atom stereocenters. The minimum Gasteiger partial charge on any atom is -0.496 e. The Morgan fingerprint density at radius 1 is 0.696 bits per heavy atom. The highest BCUT2D eigenvalue weighted by Gasteiger charge is 2.27. The van der Waals surface area contributed by atoms with Crippen LogP contribution in [0.3, 0.4) is 0 Å². The average molecular weight is 795 g/mol. The Kier molecular flexibility index (Phi) is 13.9. The number of carbonyl (C=O) groups excluding carboxylic acids is 5. The van der Waals surface area contributed by atoms with E-state index in [1.807, 2.05) is 6.07 Å². The second-order valence-electron chi connectivity index (χ2n) is 11.7. The molecular weight excluding hydrogens is 757 g/mol. The summed E-state index contributed by atoms with van der Waals surface area (Å²) in [5.74, 6) is -1.63. The summed E-state index contributed by atoms with van der Waals surface area (Å²) in [5.41, 5.74) is 2.10. The molecule has 0 aliphatic carbocycles. The molecule has 0 saturated heterocycles. The molecule has 5 rings (SSSR count). The van der Waals surface area contributed by atoms with E-state index in [0.717, 1.165) is 11.3 Å². The van der Waals surface area contributed by atoms with Crippen molar-refractivity contribution in [2.75, 3.05) is 50.1 Å². The van der Waals surface area contributed by atoms with Crippen LogP contribution < -0.4 is 35.5 Å². The quantitative estimate of drug-likeness (QED) is 0.0481. The molecule has 15 heteroatoms. The van der Waals surface area contributed by atoms with Crippen LogP contribution in [0.5, 0.6) is 17.2 Å². The smallest absolute Gasteiger partial charge is 0.341 e. The molecule has 0 bridgehead atoms. The molecule has 56 heavy (non-hydrogen) atoms. The van der Waals surface area contributed by atoms with Gasteiger partial charge in [-0.3, -0.25) is 19.2 Å². The van der Waals surface area contributed by atoms with Crippen LogP contribution in [0.15, 0.2) is 108 Å². The molecule has 288 valence electrons. The molecule has 1 aromatic heterocycles. The van der Waals surface area contributed by atoms with Gasteiger partial charge in [-0.1, -0.05) is 42.5 Å². The molecule has 1 heterocycles. The highest BCUT2D eigenvalue weighted by molar-refractivity contribution is 8.00. The van der Waals surface area contributed by atoms with Gasteiger partial charge < -0.3 is 40.2 Å². The third kappa shape index (κ3) is 10.1. The summed E-state index contributed by atoms with van der Waals surface area (Å²) in [6, 6.07) is 27.3. The molecule has 0 atom stereocenters. The molecule has 0 radical (unpaired) electrons. The third-order valence-corrected chi connectivity index (χ3v) is 10.3. The van der Waals surface area contributed by atoms with E-state index in [1.165, 1.54) is 46.3 Å². The lowest BCUT2D eigenvalue weighted by atomic mass is 10.1. The Morgan fingerprint density at radius 2 is 1.34 bits per heavy atom. The highest BCUT2D eigenvalue weighted by atomic mass is 32.2. The topological polar surface area (TPSA) is 170 Å². The maximum atomic E-state index is 13.8. The normalized spacial score (nSPS) is 10.8. The predicted molar refractivity (Wildman–Crippen MR) is 217 cm³/mol. The third-order valence-electron chi connectivity index (χ3n) is 8.05. The van der Waals surface area contributed by atoms with Crippen LogP contribution in [0, 0.1) is 6.92 Å². The van der Waals surface area contributed by atoms with Crippen LogP contribution in [0.2, 0.25) is 0 Å². The molecule has 0 spiro atoms. The van der Waals surface area contributed by atoms with Gasteiger partial charge in [0.15, 0.2) is 11.5 Å². The summed E-state index contributed by atoms with van der Waals surface area (Å²) in [7, 11) is 5.65. The van der Waals surface area contributed by atoms with Crippen LogP contribution in [0.25, 0.3) is 6.08 Å². The zero-order valence-electron chi connectivity index (χ0n) is 31.0. The minimum atomic E-state index is -0.693. The maximum absolute atomic E-state index is 13.8. The predicted octanol–water partition coefficient (Wildman–Crippen LogP) is 7.26. The molecule has 4 amide bonds. The number of anilines is 3. The number of methoxy groups -OCH3 is 4. The number of esters is 1. The van der Waals surface area contributed by atoms with Crippen molar-refractivity contribution in [3.05, 3.63) is 130 Å². The molecule has 0 aliphatic rings. The average Bonchev–Trinajstić information content (AvgIpc) is 3.54. The Labute approximate surface area is 331 Å². The Hall–Kier alpha value is -6.58. The van der Waals surface area contributed by atoms with E-state index in [-0.39, 0.29) is 26.9 Å². The van der Waals surface area contributed by atoms with Crippen molar-refractivity contribution in [3.63, 3.8) is 0 Å². The number of hydrogen-bond acceptors (Lipinski definition) is 11. The standard InChI is InChI=1S/C41H38N4O9S2/c1-24-35(41(50)54-5)40(56-36(24)39(49)42-27-15-10-7-11-16-27)45-34(46)23-55-29-18-12-17-28(21-29)43-38(48)30(44-37(47)25-13-8-6-9-14-25)19-26-20-32(52-3)33(53-4)22-31(26)51-2/h6-22H,23H2,1-5H3,(H,42,49)(H,43,48)(H,44,47)(H,45,46)/b30-19+. The summed E-state index contributed by atoms with van der Waals surface area (Å²) in [5, 5.41) is 11.3. The fraction of sp³-hybridized carbons (Fsp3) is 0.146. The maximum Gasteiger partial charge on any atom is 0.341 e. The number of rotatable bonds is 15. The number of amides is 4. The first kappa shape index (κ1) is 40.6. The van der Waals surface area contributed by atoms with Crippen molar-refractivity contribution in [3.8, 4) is 17.2 Å². The van der Waals surface area contributed by atoms with Gasteiger partial charge in [0.05, 0.1) is 44.6 Å². The van der Waals surface area contributed by atoms with E-state index in [0.29, 0.717) is 50.2 Å². The number of ether oxygens (including phenoxy) is 4. The van der Waals surface area contributed by atoms with E-state index >= 15 is 0 Å². The van der Waals surface area contributed by atoms with E-state index in [4.69, 9.17) is 18.9 Å². The summed E-state index contributed by atoms with van der Waals surface area (Å²) < 4.78 is 21.3. The van der Waals surface area contributed by atoms with Crippen LogP contribution in [0.1, 0.15) is 41.5 Å². The monoisotopic (exact) mass is 794 g/mol. The second kappa shape index (κ2) is 19.1. The van der Waals surface area contributed by atoms with Crippen molar-refractivity contribution >= 4 is 75.1 Å². The van der Waals surface area contributed by atoms with Crippen molar-refractivity contribution in [2.24, 2.45) is 0 Å². The number of benzene rings is 4. The van der Waals surface area contributed by atoms with Crippen molar-refractivity contribution < 1.29 is 42.9 Å². The van der Waals surface area contributed by atoms with Gasteiger partial charge in [-0.05, 0) is 67.1 Å². The first-order valence-electron chi connectivity index (χ1n) is 16.8. The van der Waals surface area contributed by atoms with Gasteiger partial charge in [-0.15, -0.1) is 23.1 Å². The number of nitrogens with one attached hydrogen (secondary N) is 4. The largest absolute Gasteiger partial charge is 0.496 e. The van der Waals surface area contributed by atoms with Crippen LogP contribution in [0.4, 0.5) is 16.4 Å². The molecule has 0 saturated carbocycles. The second-order valence-corrected chi connectivity index (χ2v) is 13.8. The number of hydrogen-bond donors (Lipinski definition) is 4. The van der Waals surface area contributed by atoms with Gasteiger partial charge >= 0.3 is 5.97 Å². The lowest BCUT2D eigenvalue weighted by molar-refractivity contribution is -0.114. The summed E-state index contributed by atoms with van der Waals surface area (Å²) in [6.45, 7) is 1.62. The molecule has 4 N–H and O–H groups in total. The zero-order valence-corrected chi connectivity index (χ0v) is 32.6. The van der Waals surface area contributed by atoms with Crippen LogP contribution in [-0.4, -0.2) is 63.8 Å². The fourth-order valence-electron chi connectivity index (χ4n) is 5.31. The number of thioether (sulfide) groups is 1. The molecule has 4 aromatic carbocycles. The minimum absolute atomic E-state index is 0.0715. The van der Waals surface area contributed by atoms with Crippen molar-refractivity contribution in [1.82, 2.24) is 5.32 Å². The Bertz CT molecular complexity index is 2280. The fourth-order valence-corrected chi connectivity index (χ4v) is 7.17. The molecule has 0 fully saturated rings. The van der Waals surface area contributed by atoms with Gasteiger partial charge in [-0.25, -0.2) is 4.79 Å². The number of para-hydroxylation sites is 1. The lowest BCUT2D eigenvalue weighted by Gasteiger charge is -2.15. The van der Waals surface area contributed by atoms with Crippen molar-refractivity contribution in [1.29, 1.82) is 0 Å². The highest BCUT2D eigenvalue weighted by Crippen LogP contribution is 2.36. The summed E-state index contributed by atoms with van der Waals surface area (Å²) in [6.07, 6.45) is 1.46. The van der Waals surface area contributed by atoms with Crippen LogP contribution in [-0.2, 0) is 14.3 Å². The molecular formula is C41H38N4O9S2. The zero-order chi connectivity index (χ0) is 40.2. The summed E-state index contributed by atoms with van der Waals surface area (Å²) in [4.78, 5) is 66.9. The molecule has 13 nitrogen and oxygen atoms in total. The number of carbonyl (C=O) groups is 5. The Morgan fingerprint density at radius 3 is 2.00 bits per heavy atom. The van der Waals surface area contributed by atoms with Crippen LogP contribution >= 0.6 is 23.1 Å². The Balaban J connectivity index is 1.32. The number of thiophene rings is 1. The summed E-state index contributed by atoms with van der Waals surface area (Å²) >= 11 is 2.15. The molecule has 0 aliphatic heterocycles. The van der Waals surface area contributed by atoms with Gasteiger partial charge in [0.1, 0.15) is 16.4 Å².